The van der Waals surface area contributed by atoms with Crippen molar-refractivity contribution in [3.63, 3.8) is 0 Å². The van der Waals surface area contributed by atoms with Crippen LogP contribution in [0.25, 0.3) is 0 Å². The Morgan fingerprint density at radius 2 is 1.69 bits per heavy atom. The Kier molecular flexibility index (Phi) is 8.62. The molecule has 0 radical (unpaired) electrons. The van der Waals surface area contributed by atoms with Gasteiger partial charge in [-0.3, -0.25) is 9.55 Å². The lowest BCUT2D eigenvalue weighted by atomic mass is 9.66. The molecule has 2 aliphatic rings. The Balaban J connectivity index is 1.75. The summed E-state index contributed by atoms with van der Waals surface area (Å²) in [4.78, 5) is 37.7. The number of hydrogen-bond donors (Lipinski definition) is 3. The lowest BCUT2D eigenvalue weighted by Gasteiger charge is -2.42. The van der Waals surface area contributed by atoms with Crippen molar-refractivity contribution < 1.29 is 18.8 Å². The fraction of sp³-hybridized carbons (Fsp3) is 0.760. The molecule has 1 aromatic rings. The summed E-state index contributed by atoms with van der Waals surface area (Å²) in [6.07, 6.45) is 13.8. The van der Waals surface area contributed by atoms with E-state index in [2.05, 4.69) is 45.3 Å². The van der Waals surface area contributed by atoms with Crippen molar-refractivity contribution >= 4 is 39.5 Å². The van der Waals surface area contributed by atoms with Gasteiger partial charge in [-0.15, -0.1) is 0 Å². The van der Waals surface area contributed by atoms with Gasteiger partial charge in [-0.2, -0.15) is 0 Å². The summed E-state index contributed by atoms with van der Waals surface area (Å²) in [5.41, 5.74) is 1.16. The van der Waals surface area contributed by atoms with Gasteiger partial charge in [0.15, 0.2) is 0 Å². The summed E-state index contributed by atoms with van der Waals surface area (Å²) in [5, 5.41) is 0. The van der Waals surface area contributed by atoms with Crippen molar-refractivity contribution in [2.75, 3.05) is 12.5 Å². The molecule has 3 N–H and O–H groups in total. The first-order valence-electron chi connectivity index (χ1n) is 12.5. The second-order valence-corrected chi connectivity index (χ2v) is 17.1. The molecule has 0 spiro atoms. The molecule has 4 atom stereocenters. The fourth-order valence-corrected chi connectivity index (χ4v) is 10.6. The Labute approximate surface area is 215 Å². The summed E-state index contributed by atoms with van der Waals surface area (Å²) in [5.74, 6) is 0.0322. The third kappa shape index (κ3) is 6.17. The molecule has 200 valence electrons. The van der Waals surface area contributed by atoms with Crippen LogP contribution in [-0.4, -0.2) is 50.6 Å². The van der Waals surface area contributed by atoms with Gasteiger partial charge in [-0.25, -0.2) is 4.79 Å². The second-order valence-electron chi connectivity index (χ2n) is 11.7. The number of nitrogens with zero attached hydrogens (tertiary/aromatic N) is 1. The molecule has 0 bridgehead atoms. The van der Waals surface area contributed by atoms with E-state index in [1.807, 2.05) is 18.4 Å². The molecular formula is C25H44N2O5P2S. The van der Waals surface area contributed by atoms with Gasteiger partial charge in [0, 0.05) is 17.3 Å². The highest BCUT2D eigenvalue weighted by Crippen LogP contribution is 2.63. The smallest absolute Gasteiger partial charge is 0.326 e. The number of hydrogen-bond acceptors (Lipinski definition) is 6. The van der Waals surface area contributed by atoms with E-state index in [0.29, 0.717) is 17.7 Å². The highest BCUT2D eigenvalue weighted by atomic mass is 32.1. The lowest BCUT2D eigenvalue weighted by Crippen LogP contribution is -2.40. The van der Waals surface area contributed by atoms with Crippen molar-refractivity contribution in [3.8, 4) is 0 Å². The van der Waals surface area contributed by atoms with Crippen LogP contribution in [0.1, 0.15) is 83.5 Å². The third-order valence-corrected chi connectivity index (χ3v) is 14.1. The second kappa shape index (κ2) is 10.4. The molecule has 4 unspecified atom stereocenters. The zero-order valence-electron chi connectivity index (χ0n) is 22.2. The van der Waals surface area contributed by atoms with Crippen molar-refractivity contribution in [1.82, 2.24) is 9.55 Å². The van der Waals surface area contributed by atoms with Gasteiger partial charge in [-0.1, -0.05) is 71.8 Å². The molecule has 35 heavy (non-hydrogen) atoms. The van der Waals surface area contributed by atoms with Crippen LogP contribution in [0.5, 0.6) is 0 Å². The molecule has 7 nitrogen and oxygen atoms in total. The standard InChI is InChI=1S/C25H44N2O5P2S/c1-17-18(2)27(23(28)26-22(17)35)21-14-19(24(3,4)25(21,5)6)15-31-33(7,29)16-34(8,30)32-20-12-10-9-11-13-20/h19-21,29-30H,7-16H2,1-6H3,(H,26,28,35). The molecular weight excluding hydrogens is 502 g/mol. The first-order valence-corrected chi connectivity index (χ1v) is 17.0. The van der Waals surface area contributed by atoms with E-state index in [0.717, 1.165) is 36.9 Å². The average molecular weight is 547 g/mol. The Morgan fingerprint density at radius 3 is 2.29 bits per heavy atom. The maximum Gasteiger partial charge on any atom is 0.326 e. The van der Waals surface area contributed by atoms with E-state index in [1.165, 1.54) is 6.42 Å². The zero-order valence-corrected chi connectivity index (χ0v) is 24.8. The highest BCUT2D eigenvalue weighted by molar-refractivity contribution is 7.80. The van der Waals surface area contributed by atoms with Crippen LogP contribution in [-0.2, 0) is 9.05 Å². The molecule has 1 heterocycles. The van der Waals surface area contributed by atoms with E-state index in [1.54, 1.807) is 0 Å². The Bertz CT molecular complexity index is 1150. The summed E-state index contributed by atoms with van der Waals surface area (Å²) in [6.45, 7) is 12.9. The molecule has 2 aliphatic carbocycles. The van der Waals surface area contributed by atoms with Gasteiger partial charge < -0.3 is 18.8 Å². The monoisotopic (exact) mass is 546 g/mol. The van der Waals surface area contributed by atoms with E-state index >= 15 is 0 Å². The number of nitrogens with one attached hydrogen (secondary N) is 1. The van der Waals surface area contributed by atoms with Crippen LogP contribution in [0.15, 0.2) is 4.79 Å². The van der Waals surface area contributed by atoms with E-state index in [9.17, 15) is 14.6 Å². The summed E-state index contributed by atoms with van der Waals surface area (Å²) in [7, 11) is -6.17. The van der Waals surface area contributed by atoms with Gasteiger partial charge in [0.25, 0.3) is 0 Å². The van der Waals surface area contributed by atoms with Gasteiger partial charge in [0.2, 0.25) is 0 Å². The maximum absolute atomic E-state index is 13.0. The zero-order chi connectivity index (χ0) is 26.4. The SMILES string of the molecule is C=P(O)(CP(=C)(O)OC1CCCCC1)OCC1CC(n2c(C)c(C)c(=S)[nH]c2=O)C(C)(C)C1(C)C. The number of rotatable bonds is 8. The molecule has 2 fully saturated rings. The van der Waals surface area contributed by atoms with E-state index in [4.69, 9.17) is 21.3 Å². The molecule has 0 amide bonds. The van der Waals surface area contributed by atoms with Crippen LogP contribution < -0.4 is 5.69 Å². The maximum atomic E-state index is 13.0. The van der Waals surface area contributed by atoms with Gasteiger partial charge in [-0.05, 0) is 49.9 Å². The molecule has 3 rings (SSSR count). The quantitative estimate of drug-likeness (QED) is 0.273. The number of aromatic nitrogens is 2. The van der Waals surface area contributed by atoms with Crippen molar-refractivity contribution in [3.05, 3.63) is 26.4 Å². The van der Waals surface area contributed by atoms with Crippen LogP contribution in [0.4, 0.5) is 0 Å². The number of H-pyrrole nitrogens is 1. The minimum absolute atomic E-state index is 0.00164. The minimum atomic E-state index is -3.13. The Morgan fingerprint density at radius 1 is 1.09 bits per heavy atom. The van der Waals surface area contributed by atoms with Gasteiger partial charge in [0.05, 0.1) is 18.6 Å². The van der Waals surface area contributed by atoms with Gasteiger partial charge >= 0.3 is 5.69 Å². The first-order chi connectivity index (χ1) is 16.0. The fourth-order valence-electron chi connectivity index (χ4n) is 5.74. The minimum Gasteiger partial charge on any atom is -0.353 e. The largest absolute Gasteiger partial charge is 0.353 e. The van der Waals surface area contributed by atoms with Crippen LogP contribution >= 0.6 is 26.9 Å². The molecule has 2 saturated carbocycles. The van der Waals surface area contributed by atoms with Crippen molar-refractivity contribution in [2.45, 2.75) is 92.2 Å². The third-order valence-electron chi connectivity index (χ3n) is 8.87. The Hall–Kier alpha value is -0.460. The lowest BCUT2D eigenvalue weighted by molar-refractivity contribution is 0.0585. The number of aromatic amines is 1. The predicted octanol–water partition coefficient (Wildman–Crippen LogP) is 6.00. The predicted molar refractivity (Wildman–Crippen MR) is 151 cm³/mol. The average Bonchev–Trinajstić information content (AvgIpc) is 2.89. The molecule has 0 aromatic carbocycles. The van der Waals surface area contributed by atoms with Gasteiger partial charge in [0.1, 0.15) is 19.3 Å². The summed E-state index contributed by atoms with van der Waals surface area (Å²) >= 11 is 5.31. The molecule has 0 saturated heterocycles. The normalized spacial score (nSPS) is 27.9. The van der Waals surface area contributed by atoms with E-state index in [-0.39, 0.29) is 40.5 Å². The van der Waals surface area contributed by atoms with Crippen molar-refractivity contribution in [1.29, 1.82) is 0 Å². The highest BCUT2D eigenvalue weighted by Gasteiger charge is 2.56. The van der Waals surface area contributed by atoms with Crippen LogP contribution in [0.2, 0.25) is 0 Å². The first kappa shape index (κ1) is 29.1. The molecule has 10 heteroatoms. The molecule has 1 aromatic heterocycles. The summed E-state index contributed by atoms with van der Waals surface area (Å²) < 4.78 is 14.3. The summed E-state index contributed by atoms with van der Waals surface area (Å²) in [6, 6.07) is -0.0627. The molecule has 0 aliphatic heterocycles. The van der Waals surface area contributed by atoms with Crippen molar-refractivity contribution in [2.24, 2.45) is 16.7 Å². The van der Waals surface area contributed by atoms with Crippen LogP contribution in [0.3, 0.4) is 0 Å². The van der Waals surface area contributed by atoms with E-state index < -0.39 is 14.7 Å². The topological polar surface area (TPSA) is 96.7 Å². The van der Waals surface area contributed by atoms with Crippen LogP contribution in [0, 0.1) is 35.2 Å².